The van der Waals surface area contributed by atoms with Gasteiger partial charge in [-0.25, -0.2) is 9.97 Å². The maximum Gasteiger partial charge on any atom is 0.294 e. The van der Waals surface area contributed by atoms with E-state index in [0.29, 0.717) is 22.8 Å². The van der Waals surface area contributed by atoms with Crippen molar-refractivity contribution in [1.82, 2.24) is 19.5 Å². The number of anilines is 4. The zero-order valence-corrected chi connectivity index (χ0v) is 23.3. The molecule has 5 rings (SSSR count). The van der Waals surface area contributed by atoms with Gasteiger partial charge in [0.05, 0.1) is 18.2 Å². The van der Waals surface area contributed by atoms with E-state index in [-0.39, 0.29) is 22.7 Å². The lowest BCUT2D eigenvalue weighted by molar-refractivity contribution is 0.102. The van der Waals surface area contributed by atoms with Crippen molar-refractivity contribution in [3.8, 4) is 11.3 Å². The Balaban J connectivity index is 1.52. The monoisotopic (exact) mass is 532 g/mol. The molecule has 8 nitrogen and oxygen atoms in total. The van der Waals surface area contributed by atoms with E-state index >= 15 is 0 Å². The summed E-state index contributed by atoms with van der Waals surface area (Å²) in [6.45, 7) is 8.36. The Morgan fingerprint density at radius 3 is 2.35 bits per heavy atom. The molecule has 0 fully saturated rings. The van der Waals surface area contributed by atoms with Crippen molar-refractivity contribution in [3.63, 3.8) is 0 Å². The van der Waals surface area contributed by atoms with E-state index in [9.17, 15) is 9.59 Å². The van der Waals surface area contributed by atoms with Crippen LogP contribution in [0.5, 0.6) is 0 Å². The van der Waals surface area contributed by atoms with Gasteiger partial charge in [0, 0.05) is 35.7 Å². The molecule has 0 bridgehead atoms. The number of imidazole rings is 1. The van der Waals surface area contributed by atoms with Crippen LogP contribution in [0.4, 0.5) is 23.0 Å². The fourth-order valence-electron chi connectivity index (χ4n) is 4.55. The number of aryl methyl sites for hydroxylation is 1. The Morgan fingerprint density at radius 1 is 0.975 bits per heavy atom. The molecule has 3 aromatic carbocycles. The molecule has 2 aromatic heterocycles. The molecule has 202 valence electrons. The molecular formula is C32H32N6O2. The topological polar surface area (TPSA) is 95.9 Å². The summed E-state index contributed by atoms with van der Waals surface area (Å²) in [4.78, 5) is 40.3. The van der Waals surface area contributed by atoms with Gasteiger partial charge in [-0.3, -0.25) is 14.5 Å². The number of H-pyrrole nitrogens is 1. The number of para-hydroxylation sites is 1. The number of aromatic nitrogens is 4. The van der Waals surface area contributed by atoms with Crippen LogP contribution >= 0.6 is 0 Å². The van der Waals surface area contributed by atoms with Gasteiger partial charge in [-0.2, -0.15) is 0 Å². The molecule has 0 saturated heterocycles. The molecule has 2 N–H and O–H groups in total. The lowest BCUT2D eigenvalue weighted by Gasteiger charge is -2.23. The SMILES string of the molecule is Cc1c(NC(=O)c2ccc(C(C)(C)C)cc2)cccc1-c1cn(C)c(=O)c(N(c2ccccc2)c2cnc[nH]2)n1. The van der Waals surface area contributed by atoms with E-state index in [2.05, 4.69) is 36.1 Å². The highest BCUT2D eigenvalue weighted by molar-refractivity contribution is 6.05. The van der Waals surface area contributed by atoms with Gasteiger partial charge in [0.1, 0.15) is 5.82 Å². The number of benzene rings is 3. The zero-order chi connectivity index (χ0) is 28.4. The van der Waals surface area contributed by atoms with Gasteiger partial charge < -0.3 is 14.9 Å². The summed E-state index contributed by atoms with van der Waals surface area (Å²) in [6, 6.07) is 22.9. The van der Waals surface area contributed by atoms with E-state index in [0.717, 1.165) is 16.8 Å². The molecule has 0 saturated carbocycles. The van der Waals surface area contributed by atoms with Crippen LogP contribution in [-0.2, 0) is 12.5 Å². The average molecular weight is 533 g/mol. The number of aromatic amines is 1. The maximum atomic E-state index is 13.4. The quantitative estimate of drug-likeness (QED) is 0.260. The third kappa shape index (κ3) is 5.29. The third-order valence-electron chi connectivity index (χ3n) is 6.88. The first-order valence-corrected chi connectivity index (χ1v) is 13.1. The number of nitrogens with one attached hydrogen (secondary N) is 2. The molecule has 40 heavy (non-hydrogen) atoms. The Kier molecular flexibility index (Phi) is 7.09. The highest BCUT2D eigenvalue weighted by Gasteiger charge is 2.22. The first kappa shape index (κ1) is 26.6. The van der Waals surface area contributed by atoms with Crippen molar-refractivity contribution >= 4 is 28.9 Å². The number of carbonyl (C=O) groups is 1. The predicted octanol–water partition coefficient (Wildman–Crippen LogP) is 6.50. The van der Waals surface area contributed by atoms with Crippen molar-refractivity contribution in [2.45, 2.75) is 33.1 Å². The molecule has 0 atom stereocenters. The normalized spacial score (nSPS) is 11.3. The van der Waals surface area contributed by atoms with Gasteiger partial charge in [-0.15, -0.1) is 0 Å². The molecule has 8 heteroatoms. The van der Waals surface area contributed by atoms with Crippen LogP contribution < -0.4 is 15.8 Å². The Morgan fingerprint density at radius 2 is 1.70 bits per heavy atom. The highest BCUT2D eigenvalue weighted by Crippen LogP contribution is 2.33. The summed E-state index contributed by atoms with van der Waals surface area (Å²) >= 11 is 0. The summed E-state index contributed by atoms with van der Waals surface area (Å²) in [5.74, 6) is 0.649. The smallest absolute Gasteiger partial charge is 0.294 e. The van der Waals surface area contributed by atoms with E-state index < -0.39 is 0 Å². The Bertz CT molecular complexity index is 1700. The van der Waals surface area contributed by atoms with E-state index in [4.69, 9.17) is 4.98 Å². The van der Waals surface area contributed by atoms with Crippen molar-refractivity contribution in [3.05, 3.63) is 119 Å². The largest absolute Gasteiger partial charge is 0.331 e. The molecule has 0 spiro atoms. The van der Waals surface area contributed by atoms with Crippen LogP contribution in [0.2, 0.25) is 0 Å². The van der Waals surface area contributed by atoms with Crippen molar-refractivity contribution in [1.29, 1.82) is 0 Å². The van der Waals surface area contributed by atoms with Crippen molar-refractivity contribution in [2.24, 2.45) is 7.05 Å². The van der Waals surface area contributed by atoms with Gasteiger partial charge in [-0.05, 0) is 53.8 Å². The second kappa shape index (κ2) is 10.6. The molecule has 2 heterocycles. The summed E-state index contributed by atoms with van der Waals surface area (Å²) in [7, 11) is 1.70. The molecule has 1 amide bonds. The predicted molar refractivity (Wildman–Crippen MR) is 160 cm³/mol. The molecule has 0 aliphatic heterocycles. The minimum absolute atomic E-state index is 0.00897. The average Bonchev–Trinajstić information content (AvgIpc) is 3.47. The van der Waals surface area contributed by atoms with E-state index in [1.165, 1.54) is 10.1 Å². The van der Waals surface area contributed by atoms with Gasteiger partial charge in [0.25, 0.3) is 11.5 Å². The number of rotatable bonds is 6. The van der Waals surface area contributed by atoms with Crippen molar-refractivity contribution < 1.29 is 4.79 Å². The second-order valence-electron chi connectivity index (χ2n) is 10.7. The fourth-order valence-corrected chi connectivity index (χ4v) is 4.55. The third-order valence-corrected chi connectivity index (χ3v) is 6.88. The molecule has 0 aliphatic rings. The summed E-state index contributed by atoms with van der Waals surface area (Å²) in [5.41, 5.74) is 5.18. The van der Waals surface area contributed by atoms with E-state index in [1.807, 2.05) is 79.7 Å². The summed E-state index contributed by atoms with van der Waals surface area (Å²) < 4.78 is 1.52. The van der Waals surface area contributed by atoms with E-state index in [1.54, 1.807) is 30.7 Å². The molecular weight excluding hydrogens is 500 g/mol. The first-order valence-electron chi connectivity index (χ1n) is 13.1. The lowest BCUT2D eigenvalue weighted by atomic mass is 9.86. The highest BCUT2D eigenvalue weighted by atomic mass is 16.1. The number of amides is 1. The van der Waals surface area contributed by atoms with Crippen LogP contribution in [0.15, 0.2) is 96.3 Å². The Hall–Kier alpha value is -4.98. The maximum absolute atomic E-state index is 13.4. The van der Waals surface area contributed by atoms with Gasteiger partial charge in [0.2, 0.25) is 5.82 Å². The molecule has 0 radical (unpaired) electrons. The molecule has 0 aliphatic carbocycles. The second-order valence-corrected chi connectivity index (χ2v) is 10.7. The van der Waals surface area contributed by atoms with Crippen LogP contribution in [0, 0.1) is 6.92 Å². The van der Waals surface area contributed by atoms with Crippen LogP contribution in [0.1, 0.15) is 42.3 Å². The van der Waals surface area contributed by atoms with Crippen LogP contribution in [0.3, 0.4) is 0 Å². The van der Waals surface area contributed by atoms with Crippen LogP contribution in [-0.4, -0.2) is 25.4 Å². The first-order chi connectivity index (χ1) is 19.1. The van der Waals surface area contributed by atoms with Crippen molar-refractivity contribution in [2.75, 3.05) is 10.2 Å². The number of nitrogens with zero attached hydrogens (tertiary/aromatic N) is 4. The molecule has 5 aromatic rings. The van der Waals surface area contributed by atoms with Gasteiger partial charge in [-0.1, -0.05) is 63.2 Å². The van der Waals surface area contributed by atoms with Gasteiger partial charge >= 0.3 is 0 Å². The lowest BCUT2D eigenvalue weighted by Crippen LogP contribution is -2.27. The number of carbonyl (C=O) groups excluding carboxylic acids is 1. The standard InChI is InChI=1S/C32H32N6O2/c1-21-25(12-9-13-26(21)36-30(39)22-14-16-23(17-15-22)32(2,3)4)27-19-37(5)31(40)29(35-27)38(28-18-33-20-34-28)24-10-7-6-8-11-24/h6-20H,1-5H3,(H,33,34)(H,36,39). The zero-order valence-electron chi connectivity index (χ0n) is 23.3. The fraction of sp³-hybridized carbons (Fsp3) is 0.188. The minimum Gasteiger partial charge on any atom is -0.331 e. The molecule has 0 unspecified atom stereocenters. The summed E-state index contributed by atoms with van der Waals surface area (Å²) in [6.07, 6.45) is 4.92. The minimum atomic E-state index is -0.261. The Labute approximate surface area is 233 Å². The number of hydrogen-bond acceptors (Lipinski definition) is 5. The van der Waals surface area contributed by atoms with Gasteiger partial charge in [0.15, 0.2) is 0 Å². The number of hydrogen-bond donors (Lipinski definition) is 2. The van der Waals surface area contributed by atoms with Crippen LogP contribution in [0.25, 0.3) is 11.3 Å². The summed E-state index contributed by atoms with van der Waals surface area (Å²) in [5, 5.41) is 3.05.